The predicted molar refractivity (Wildman–Crippen MR) is 124 cm³/mol. The number of carbonyl (C=O) groups is 4. The molecule has 2 atom stereocenters. The van der Waals surface area contributed by atoms with Crippen LogP contribution in [0.2, 0.25) is 0 Å². The summed E-state index contributed by atoms with van der Waals surface area (Å²) in [7, 11) is 1.63. The highest BCUT2D eigenvalue weighted by molar-refractivity contribution is 7.09. The van der Waals surface area contributed by atoms with Crippen molar-refractivity contribution in [2.75, 3.05) is 26.7 Å². The average molecular weight is 486 g/mol. The Labute approximate surface area is 201 Å². The molecule has 2 aromatic rings. The van der Waals surface area contributed by atoms with Gasteiger partial charge in [-0.05, 0) is 23.4 Å². The number of likely N-dealkylation sites (N-methyl/N-ethyl adjacent to an activating group) is 1. The molecule has 0 radical (unpaired) electrons. The number of fused-ring (bicyclic) bond motifs is 1. The number of amides is 4. The quantitative estimate of drug-likeness (QED) is 0.609. The number of carboxylic acid groups (broad SMARTS) is 1. The minimum atomic E-state index is -1.18. The van der Waals surface area contributed by atoms with E-state index in [4.69, 9.17) is 0 Å². The molecule has 0 saturated carbocycles. The maximum atomic E-state index is 13.2. The van der Waals surface area contributed by atoms with Gasteiger partial charge in [-0.1, -0.05) is 36.4 Å². The molecule has 2 N–H and O–H groups in total. The number of aliphatic carboxylic acids is 1. The fraction of sp³-hybridized carbons (Fsp3) is 0.391. The lowest BCUT2D eigenvalue weighted by atomic mass is 10.0. The third-order valence-electron chi connectivity index (χ3n) is 6.01. The SMILES string of the molecule is CN1CC(=O)N2[C@@H](CC(=O)O)C(=O)N(CCc3cccs3)C[C@@H]2N1C(=O)NCc1ccccc1. The fourth-order valence-corrected chi connectivity index (χ4v) is 5.12. The highest BCUT2D eigenvalue weighted by Gasteiger charge is 2.51. The van der Waals surface area contributed by atoms with Gasteiger partial charge in [0, 0.05) is 25.0 Å². The zero-order valence-corrected chi connectivity index (χ0v) is 19.6. The topological polar surface area (TPSA) is 114 Å². The first-order chi connectivity index (χ1) is 16.3. The first-order valence-electron chi connectivity index (χ1n) is 11.0. The van der Waals surface area contributed by atoms with Crippen LogP contribution < -0.4 is 5.32 Å². The van der Waals surface area contributed by atoms with E-state index in [1.807, 2.05) is 47.8 Å². The van der Waals surface area contributed by atoms with Crippen LogP contribution in [-0.4, -0.2) is 87.6 Å². The number of hydrogen-bond donors (Lipinski definition) is 2. The largest absolute Gasteiger partial charge is 0.481 e. The molecular weight excluding hydrogens is 458 g/mol. The van der Waals surface area contributed by atoms with Gasteiger partial charge in [0.05, 0.1) is 19.5 Å². The van der Waals surface area contributed by atoms with E-state index in [1.165, 1.54) is 14.9 Å². The van der Waals surface area contributed by atoms with Crippen LogP contribution in [0.15, 0.2) is 47.8 Å². The second kappa shape index (κ2) is 10.2. The lowest BCUT2D eigenvalue weighted by Gasteiger charge is -2.54. The summed E-state index contributed by atoms with van der Waals surface area (Å²) in [4.78, 5) is 54.9. The summed E-state index contributed by atoms with van der Waals surface area (Å²) in [5, 5.41) is 17.2. The average Bonchev–Trinajstić information content (AvgIpc) is 3.32. The van der Waals surface area contributed by atoms with E-state index < -0.39 is 36.5 Å². The Hall–Kier alpha value is -3.44. The summed E-state index contributed by atoms with van der Waals surface area (Å²) < 4.78 is 0. The van der Waals surface area contributed by atoms with Gasteiger partial charge in [0.2, 0.25) is 11.8 Å². The molecule has 3 heterocycles. The standard InChI is InChI=1S/C23H27N5O5S/c1-25-15-20(29)27-18(12-21(30)31)22(32)26(10-9-17-8-5-11-34-17)14-19(27)28(25)23(33)24-13-16-6-3-2-4-7-16/h2-8,11,18-19H,9-10,12-15H2,1H3,(H,24,33)(H,30,31)/t18-,19-/m0/s1. The number of nitrogens with zero attached hydrogens (tertiary/aromatic N) is 4. The van der Waals surface area contributed by atoms with Gasteiger partial charge in [-0.15, -0.1) is 11.3 Å². The molecule has 0 aliphatic carbocycles. The number of nitrogens with one attached hydrogen (secondary N) is 1. The van der Waals surface area contributed by atoms with E-state index >= 15 is 0 Å². The summed E-state index contributed by atoms with van der Waals surface area (Å²) in [5.41, 5.74) is 0.920. The van der Waals surface area contributed by atoms with Crippen LogP contribution in [0.4, 0.5) is 4.79 Å². The molecule has 0 unspecified atom stereocenters. The molecule has 4 amide bonds. The molecule has 0 bridgehead atoms. The summed E-state index contributed by atoms with van der Waals surface area (Å²) >= 11 is 1.58. The van der Waals surface area contributed by atoms with Crippen LogP contribution in [0.1, 0.15) is 16.9 Å². The van der Waals surface area contributed by atoms with Crippen molar-refractivity contribution in [3.05, 3.63) is 58.3 Å². The highest BCUT2D eigenvalue weighted by Crippen LogP contribution is 2.27. The van der Waals surface area contributed by atoms with E-state index in [0.717, 1.165) is 10.4 Å². The summed E-state index contributed by atoms with van der Waals surface area (Å²) in [6, 6.07) is 11.8. The van der Waals surface area contributed by atoms with Crippen molar-refractivity contribution in [1.82, 2.24) is 25.1 Å². The molecule has 10 nitrogen and oxygen atoms in total. The molecule has 1 aromatic heterocycles. The third kappa shape index (κ3) is 5.05. The van der Waals surface area contributed by atoms with Crippen molar-refractivity contribution in [2.45, 2.75) is 31.6 Å². The van der Waals surface area contributed by atoms with Crippen LogP contribution in [0, 0.1) is 0 Å². The monoisotopic (exact) mass is 485 g/mol. The number of rotatable bonds is 7. The predicted octanol–water partition coefficient (Wildman–Crippen LogP) is 1.20. The van der Waals surface area contributed by atoms with Gasteiger partial charge in [0.25, 0.3) is 0 Å². The van der Waals surface area contributed by atoms with Gasteiger partial charge >= 0.3 is 12.0 Å². The zero-order valence-electron chi connectivity index (χ0n) is 18.8. The molecule has 4 rings (SSSR count). The van der Waals surface area contributed by atoms with Gasteiger partial charge in [-0.25, -0.2) is 14.8 Å². The zero-order chi connectivity index (χ0) is 24.2. The number of carbonyl (C=O) groups excluding carboxylic acids is 3. The number of hydrogen-bond acceptors (Lipinski definition) is 6. The van der Waals surface area contributed by atoms with Crippen molar-refractivity contribution in [1.29, 1.82) is 0 Å². The van der Waals surface area contributed by atoms with Crippen molar-refractivity contribution >= 4 is 35.2 Å². The van der Waals surface area contributed by atoms with Gasteiger partial charge in [0.15, 0.2) is 0 Å². The molecule has 2 fully saturated rings. The first-order valence-corrected chi connectivity index (χ1v) is 11.9. The summed E-state index contributed by atoms with van der Waals surface area (Å²) in [6.07, 6.45) is -0.702. The normalized spacial score (nSPS) is 20.9. The smallest absolute Gasteiger partial charge is 0.334 e. The highest BCUT2D eigenvalue weighted by atomic mass is 32.1. The maximum absolute atomic E-state index is 13.2. The van der Waals surface area contributed by atoms with E-state index in [1.54, 1.807) is 23.3 Å². The molecule has 0 spiro atoms. The summed E-state index contributed by atoms with van der Waals surface area (Å²) in [5.74, 6) is -1.96. The number of carboxylic acids is 1. The van der Waals surface area contributed by atoms with Gasteiger partial charge in [-0.2, -0.15) is 0 Å². The van der Waals surface area contributed by atoms with Crippen LogP contribution in [0.5, 0.6) is 0 Å². The second-order valence-corrected chi connectivity index (χ2v) is 9.35. The Morgan fingerprint density at radius 3 is 2.59 bits per heavy atom. The van der Waals surface area contributed by atoms with Crippen LogP contribution in [-0.2, 0) is 27.3 Å². The third-order valence-corrected chi connectivity index (χ3v) is 6.95. The second-order valence-electron chi connectivity index (χ2n) is 8.31. The van der Waals surface area contributed by atoms with E-state index in [9.17, 15) is 24.3 Å². The Morgan fingerprint density at radius 1 is 1.15 bits per heavy atom. The minimum absolute atomic E-state index is 0.106. The van der Waals surface area contributed by atoms with Crippen LogP contribution in [0.3, 0.4) is 0 Å². The maximum Gasteiger partial charge on any atom is 0.334 e. The number of thiophene rings is 1. The first kappa shape index (κ1) is 23.7. The number of hydrazine groups is 1. The Morgan fingerprint density at radius 2 is 1.91 bits per heavy atom. The molecule has 2 aliphatic heterocycles. The van der Waals surface area contributed by atoms with Crippen molar-refractivity contribution in [3.63, 3.8) is 0 Å². The molecule has 34 heavy (non-hydrogen) atoms. The number of urea groups is 1. The van der Waals surface area contributed by atoms with E-state index in [2.05, 4.69) is 5.32 Å². The molecular formula is C23H27N5O5S. The van der Waals surface area contributed by atoms with Gasteiger partial charge in [-0.3, -0.25) is 14.4 Å². The number of piperazine rings is 1. The van der Waals surface area contributed by atoms with Gasteiger partial charge in [0.1, 0.15) is 12.2 Å². The molecule has 11 heteroatoms. The van der Waals surface area contributed by atoms with Crippen molar-refractivity contribution in [3.8, 4) is 0 Å². The van der Waals surface area contributed by atoms with Crippen LogP contribution >= 0.6 is 11.3 Å². The molecule has 1 aromatic carbocycles. The lowest BCUT2D eigenvalue weighted by Crippen LogP contribution is -2.76. The Kier molecular flexibility index (Phi) is 7.13. The van der Waals surface area contributed by atoms with Gasteiger partial charge < -0.3 is 20.2 Å². The Balaban J connectivity index is 1.57. The fourth-order valence-electron chi connectivity index (χ4n) is 4.43. The molecule has 180 valence electrons. The van der Waals surface area contributed by atoms with Crippen LogP contribution in [0.25, 0.3) is 0 Å². The van der Waals surface area contributed by atoms with Crippen molar-refractivity contribution < 1.29 is 24.3 Å². The van der Waals surface area contributed by atoms with E-state index in [0.29, 0.717) is 19.5 Å². The minimum Gasteiger partial charge on any atom is -0.481 e. The van der Waals surface area contributed by atoms with Crippen molar-refractivity contribution in [2.24, 2.45) is 0 Å². The molecule has 2 aliphatic rings. The van der Waals surface area contributed by atoms with E-state index in [-0.39, 0.29) is 19.0 Å². The summed E-state index contributed by atoms with van der Waals surface area (Å²) in [6.45, 7) is 0.643. The lowest BCUT2D eigenvalue weighted by molar-refractivity contribution is -0.188. The Bertz CT molecular complexity index is 1050. The number of benzene rings is 1. The molecule has 2 saturated heterocycles.